The van der Waals surface area contributed by atoms with Gasteiger partial charge in [0.25, 0.3) is 0 Å². The Labute approximate surface area is 123 Å². The summed E-state index contributed by atoms with van der Waals surface area (Å²) in [6.45, 7) is 14.2. The summed E-state index contributed by atoms with van der Waals surface area (Å²) in [6.07, 6.45) is 1.14. The Bertz CT molecular complexity index is 418. The quantitative estimate of drug-likeness (QED) is 0.805. The van der Waals surface area contributed by atoms with Gasteiger partial charge in [-0.25, -0.2) is 0 Å². The van der Waals surface area contributed by atoms with E-state index < -0.39 is 0 Å². The first-order valence-electron chi connectivity index (χ1n) is 7.50. The molecule has 0 fully saturated rings. The molecule has 114 valence electrons. The van der Waals surface area contributed by atoms with Gasteiger partial charge in [-0.1, -0.05) is 32.9 Å². The predicted octanol–water partition coefficient (Wildman–Crippen LogP) is 3.21. The zero-order chi connectivity index (χ0) is 15.3. The van der Waals surface area contributed by atoms with Gasteiger partial charge in [-0.15, -0.1) is 0 Å². The number of hydrogen-bond acceptors (Lipinski definition) is 3. The fourth-order valence-electron chi connectivity index (χ4n) is 2.60. The number of aryl methyl sites for hydroxylation is 2. The Kier molecular flexibility index (Phi) is 6.03. The zero-order valence-corrected chi connectivity index (χ0v) is 13.7. The predicted molar refractivity (Wildman–Crippen MR) is 86.0 cm³/mol. The van der Waals surface area contributed by atoms with Gasteiger partial charge in [-0.2, -0.15) is 0 Å². The normalized spacial score (nSPS) is 12.2. The monoisotopic (exact) mass is 278 g/mol. The Hall–Kier alpha value is -1.06. The minimum absolute atomic E-state index is 0.135. The summed E-state index contributed by atoms with van der Waals surface area (Å²) in [6, 6.07) is 4.17. The lowest BCUT2D eigenvalue weighted by molar-refractivity contribution is 0.176. The van der Waals surface area contributed by atoms with Gasteiger partial charge in [-0.3, -0.25) is 4.90 Å². The first-order chi connectivity index (χ1) is 9.29. The van der Waals surface area contributed by atoms with Crippen molar-refractivity contribution in [3.8, 4) is 5.75 Å². The van der Waals surface area contributed by atoms with Crippen molar-refractivity contribution in [2.45, 2.75) is 47.6 Å². The van der Waals surface area contributed by atoms with Crippen molar-refractivity contribution >= 4 is 0 Å². The van der Waals surface area contributed by atoms with Crippen LogP contribution in [0.15, 0.2) is 12.1 Å². The van der Waals surface area contributed by atoms with Gasteiger partial charge >= 0.3 is 0 Å². The second-order valence-electron chi connectivity index (χ2n) is 6.66. The third-order valence-corrected chi connectivity index (χ3v) is 3.70. The lowest BCUT2D eigenvalue weighted by Crippen LogP contribution is -2.38. The number of phenolic OH excluding ortho intramolecular Hbond substituents is 1. The zero-order valence-electron chi connectivity index (χ0n) is 13.7. The van der Waals surface area contributed by atoms with Gasteiger partial charge in [0.15, 0.2) is 0 Å². The van der Waals surface area contributed by atoms with Crippen LogP contribution in [0.4, 0.5) is 0 Å². The van der Waals surface area contributed by atoms with Crippen LogP contribution in [0, 0.1) is 19.3 Å². The number of aromatic hydroxyl groups is 1. The SMILES string of the molecule is CCCN(Cc1cc(C)c(O)c(C)c1)CC(C)(C)CN. The second kappa shape index (κ2) is 7.09. The molecule has 0 saturated carbocycles. The van der Waals surface area contributed by atoms with E-state index in [0.717, 1.165) is 37.2 Å². The minimum Gasteiger partial charge on any atom is -0.507 e. The molecular weight excluding hydrogens is 248 g/mol. The summed E-state index contributed by atoms with van der Waals surface area (Å²) in [5.41, 5.74) is 9.16. The Morgan fingerprint density at radius 1 is 1.20 bits per heavy atom. The summed E-state index contributed by atoms with van der Waals surface area (Å²) in [4.78, 5) is 2.46. The molecule has 1 aromatic rings. The maximum Gasteiger partial charge on any atom is 0.121 e. The summed E-state index contributed by atoms with van der Waals surface area (Å²) in [5, 5.41) is 9.86. The number of nitrogens with two attached hydrogens (primary N) is 1. The Morgan fingerprint density at radius 3 is 2.20 bits per heavy atom. The molecule has 0 amide bonds. The van der Waals surface area contributed by atoms with E-state index in [2.05, 4.69) is 37.8 Å². The van der Waals surface area contributed by atoms with Crippen LogP contribution >= 0.6 is 0 Å². The van der Waals surface area contributed by atoms with Gasteiger partial charge in [0.05, 0.1) is 0 Å². The van der Waals surface area contributed by atoms with Gasteiger partial charge in [0.1, 0.15) is 5.75 Å². The maximum atomic E-state index is 9.86. The molecule has 0 saturated heterocycles. The van der Waals surface area contributed by atoms with E-state index >= 15 is 0 Å². The molecule has 1 aromatic carbocycles. The van der Waals surface area contributed by atoms with Gasteiger partial charge in [0, 0.05) is 13.1 Å². The van der Waals surface area contributed by atoms with Gasteiger partial charge < -0.3 is 10.8 Å². The van der Waals surface area contributed by atoms with Gasteiger partial charge in [0.2, 0.25) is 0 Å². The molecule has 0 atom stereocenters. The molecule has 0 aliphatic heterocycles. The number of nitrogens with zero attached hydrogens (tertiary/aromatic N) is 1. The largest absolute Gasteiger partial charge is 0.507 e. The highest BCUT2D eigenvalue weighted by Gasteiger charge is 2.20. The number of phenols is 1. The fraction of sp³-hybridized carbons (Fsp3) is 0.647. The standard InChI is InChI=1S/C17H30N2O/c1-6-7-19(12-17(4,5)11-18)10-15-8-13(2)16(20)14(3)9-15/h8-9,20H,6-7,10-12,18H2,1-5H3. The molecule has 1 rings (SSSR count). The summed E-state index contributed by atoms with van der Waals surface area (Å²) < 4.78 is 0. The average Bonchev–Trinajstić information content (AvgIpc) is 2.35. The van der Waals surface area contributed by atoms with Crippen LogP contribution < -0.4 is 5.73 Å². The van der Waals surface area contributed by atoms with Crippen LogP contribution in [-0.4, -0.2) is 29.6 Å². The highest BCUT2D eigenvalue weighted by Crippen LogP contribution is 2.24. The van der Waals surface area contributed by atoms with Crippen molar-refractivity contribution in [3.63, 3.8) is 0 Å². The molecule has 3 N–H and O–H groups in total. The molecule has 0 aromatic heterocycles. The molecule has 0 heterocycles. The summed E-state index contributed by atoms with van der Waals surface area (Å²) in [5.74, 6) is 0.415. The van der Waals surface area contributed by atoms with Crippen LogP contribution in [0.5, 0.6) is 5.75 Å². The molecule has 20 heavy (non-hydrogen) atoms. The number of benzene rings is 1. The van der Waals surface area contributed by atoms with Crippen molar-refractivity contribution in [2.75, 3.05) is 19.6 Å². The van der Waals surface area contributed by atoms with E-state index in [1.165, 1.54) is 5.56 Å². The molecule has 0 spiro atoms. The molecule has 0 aliphatic carbocycles. The Morgan fingerprint density at radius 2 is 1.75 bits per heavy atom. The Balaban J connectivity index is 2.85. The van der Waals surface area contributed by atoms with Crippen LogP contribution in [0.3, 0.4) is 0 Å². The number of rotatable bonds is 7. The summed E-state index contributed by atoms with van der Waals surface area (Å²) >= 11 is 0. The lowest BCUT2D eigenvalue weighted by Gasteiger charge is -2.32. The molecule has 0 radical (unpaired) electrons. The molecule has 0 unspecified atom stereocenters. The lowest BCUT2D eigenvalue weighted by atomic mass is 9.92. The first kappa shape index (κ1) is 17.0. The maximum absolute atomic E-state index is 9.86. The van der Waals surface area contributed by atoms with E-state index in [1.807, 2.05) is 13.8 Å². The molecular formula is C17H30N2O. The van der Waals surface area contributed by atoms with E-state index in [0.29, 0.717) is 12.3 Å². The number of hydrogen-bond donors (Lipinski definition) is 2. The highest BCUT2D eigenvalue weighted by molar-refractivity contribution is 5.42. The van der Waals surface area contributed by atoms with Gasteiger partial charge in [-0.05, 0) is 55.5 Å². The van der Waals surface area contributed by atoms with Crippen molar-refractivity contribution in [1.29, 1.82) is 0 Å². The van der Waals surface area contributed by atoms with E-state index in [9.17, 15) is 5.11 Å². The first-order valence-corrected chi connectivity index (χ1v) is 7.50. The summed E-state index contributed by atoms with van der Waals surface area (Å²) in [7, 11) is 0. The van der Waals surface area contributed by atoms with E-state index in [-0.39, 0.29) is 5.41 Å². The molecule has 0 bridgehead atoms. The average molecular weight is 278 g/mol. The molecule has 0 aliphatic rings. The van der Waals surface area contributed by atoms with Crippen LogP contribution in [0.1, 0.15) is 43.9 Å². The van der Waals surface area contributed by atoms with Crippen molar-refractivity contribution in [1.82, 2.24) is 4.90 Å². The van der Waals surface area contributed by atoms with Crippen molar-refractivity contribution in [2.24, 2.45) is 11.1 Å². The second-order valence-corrected chi connectivity index (χ2v) is 6.66. The topological polar surface area (TPSA) is 49.5 Å². The van der Waals surface area contributed by atoms with Crippen molar-refractivity contribution in [3.05, 3.63) is 28.8 Å². The third kappa shape index (κ3) is 4.80. The van der Waals surface area contributed by atoms with Crippen LogP contribution in [0.25, 0.3) is 0 Å². The van der Waals surface area contributed by atoms with E-state index in [1.54, 1.807) is 0 Å². The highest BCUT2D eigenvalue weighted by atomic mass is 16.3. The fourth-order valence-corrected chi connectivity index (χ4v) is 2.60. The minimum atomic E-state index is 0.135. The third-order valence-electron chi connectivity index (χ3n) is 3.70. The molecule has 3 nitrogen and oxygen atoms in total. The smallest absolute Gasteiger partial charge is 0.121 e. The molecule has 3 heteroatoms. The van der Waals surface area contributed by atoms with Crippen molar-refractivity contribution < 1.29 is 5.11 Å². The van der Waals surface area contributed by atoms with Crippen LogP contribution in [-0.2, 0) is 6.54 Å². The van der Waals surface area contributed by atoms with E-state index in [4.69, 9.17) is 5.73 Å². The van der Waals surface area contributed by atoms with Crippen LogP contribution in [0.2, 0.25) is 0 Å².